The molecule has 0 aliphatic carbocycles. The number of hydrogen-bond acceptors (Lipinski definition) is 11. The highest BCUT2D eigenvalue weighted by Crippen LogP contribution is 2.49. The number of fused-ring (bicyclic) bond motifs is 2. The highest BCUT2D eigenvalue weighted by Gasteiger charge is 2.42. The van der Waals surface area contributed by atoms with Crippen LogP contribution in [0.25, 0.3) is 0 Å². The van der Waals surface area contributed by atoms with E-state index in [2.05, 4.69) is 20.9 Å². The molecule has 0 bridgehead atoms. The van der Waals surface area contributed by atoms with Gasteiger partial charge in [-0.05, 0) is 79.0 Å². The standard InChI is InChI=1S/C34H48N6O7S/c1-21-15-23(24-17-39(18-24)25-9-10-38(19-25)31(41)46-33(3,4)5)16-26-28(21)45-22(2)27-29(37-11-13-48(43,44)14-12-37)35-20-36-30(27)40(26)32(42)47-34(6,7)8/h15-16,20,22,24-25H,9-14,17-19H2,1-8H3/t22-,25+/m1/s1. The number of aryl methyl sites for hydroxylation is 1. The second-order valence-corrected chi connectivity index (χ2v) is 17.7. The first kappa shape index (κ1) is 34.2. The van der Waals surface area contributed by atoms with Gasteiger partial charge in [0.2, 0.25) is 0 Å². The molecule has 3 saturated heterocycles. The smallest absolute Gasteiger partial charge is 0.420 e. The van der Waals surface area contributed by atoms with Crippen LogP contribution < -0.4 is 14.5 Å². The first-order valence-electron chi connectivity index (χ1n) is 16.8. The van der Waals surface area contributed by atoms with E-state index < -0.39 is 33.2 Å². The van der Waals surface area contributed by atoms with E-state index in [4.69, 9.17) is 14.2 Å². The molecule has 2 aromatic rings. The summed E-state index contributed by atoms with van der Waals surface area (Å²) in [5.41, 5.74) is 1.80. The number of nitrogens with zero attached hydrogens (tertiary/aromatic N) is 6. The maximum absolute atomic E-state index is 14.1. The van der Waals surface area contributed by atoms with Gasteiger partial charge in [-0.15, -0.1) is 0 Å². The Morgan fingerprint density at radius 2 is 1.52 bits per heavy atom. The Kier molecular flexibility index (Phi) is 8.80. The van der Waals surface area contributed by atoms with Gasteiger partial charge >= 0.3 is 12.2 Å². The van der Waals surface area contributed by atoms with Crippen molar-refractivity contribution in [3.8, 4) is 5.75 Å². The number of amides is 2. The molecule has 0 saturated carbocycles. The molecular weight excluding hydrogens is 636 g/mol. The Morgan fingerprint density at radius 3 is 2.17 bits per heavy atom. The van der Waals surface area contributed by atoms with Crippen molar-refractivity contribution in [2.24, 2.45) is 0 Å². The van der Waals surface area contributed by atoms with Crippen molar-refractivity contribution in [2.45, 2.75) is 91.1 Å². The van der Waals surface area contributed by atoms with Gasteiger partial charge in [0.15, 0.2) is 15.7 Å². The highest BCUT2D eigenvalue weighted by molar-refractivity contribution is 7.91. The van der Waals surface area contributed by atoms with Gasteiger partial charge in [-0.3, -0.25) is 4.90 Å². The van der Waals surface area contributed by atoms with Crippen LogP contribution in [-0.2, 0) is 19.3 Å². The van der Waals surface area contributed by atoms with Crippen molar-refractivity contribution in [3.63, 3.8) is 0 Å². The molecule has 5 heterocycles. The number of carbonyl (C=O) groups excluding carboxylic acids is 2. The second-order valence-electron chi connectivity index (χ2n) is 15.4. The molecule has 0 radical (unpaired) electrons. The summed E-state index contributed by atoms with van der Waals surface area (Å²) in [6.45, 7) is 18.5. The van der Waals surface area contributed by atoms with E-state index in [0.717, 1.165) is 30.6 Å². The molecule has 262 valence electrons. The van der Waals surface area contributed by atoms with Crippen LogP contribution in [0.4, 0.5) is 26.9 Å². The van der Waals surface area contributed by atoms with Crippen LogP contribution in [0.1, 0.15) is 83.6 Å². The van der Waals surface area contributed by atoms with Crippen LogP contribution in [-0.4, -0.2) is 108 Å². The lowest BCUT2D eigenvalue weighted by Gasteiger charge is -2.43. The number of carbonyl (C=O) groups is 2. The van der Waals surface area contributed by atoms with Crippen molar-refractivity contribution >= 4 is 39.3 Å². The normalized spacial score (nSPS) is 23.0. The number of aromatic nitrogens is 2. The van der Waals surface area contributed by atoms with E-state index in [1.165, 1.54) is 11.2 Å². The fraction of sp³-hybridized carbons (Fsp3) is 0.647. The molecule has 0 N–H and O–H groups in total. The number of hydrogen-bond donors (Lipinski definition) is 0. The topological polar surface area (TPSA) is 135 Å². The van der Waals surface area contributed by atoms with Crippen molar-refractivity contribution in [2.75, 3.05) is 60.6 Å². The molecule has 4 aliphatic heterocycles. The Bertz CT molecular complexity index is 1680. The summed E-state index contributed by atoms with van der Waals surface area (Å²) in [4.78, 5) is 43.6. The van der Waals surface area contributed by atoms with Gasteiger partial charge in [-0.25, -0.2) is 32.9 Å². The molecule has 0 unspecified atom stereocenters. The summed E-state index contributed by atoms with van der Waals surface area (Å²) in [5, 5.41) is 0. The van der Waals surface area contributed by atoms with Crippen molar-refractivity contribution in [1.82, 2.24) is 19.8 Å². The number of rotatable bonds is 3. The molecule has 14 heteroatoms. The van der Waals surface area contributed by atoms with Crippen LogP contribution in [0.5, 0.6) is 5.75 Å². The zero-order chi connectivity index (χ0) is 34.8. The van der Waals surface area contributed by atoms with E-state index in [1.807, 2.05) is 66.4 Å². The maximum atomic E-state index is 14.1. The number of sulfone groups is 1. The van der Waals surface area contributed by atoms with E-state index in [0.29, 0.717) is 41.7 Å². The van der Waals surface area contributed by atoms with E-state index in [-0.39, 0.29) is 42.6 Å². The lowest BCUT2D eigenvalue weighted by molar-refractivity contribution is 0.0260. The van der Waals surface area contributed by atoms with Crippen molar-refractivity contribution < 1.29 is 32.2 Å². The minimum atomic E-state index is -3.12. The number of anilines is 3. The Balaban J connectivity index is 1.30. The molecular formula is C34H48N6O7S. The molecule has 2 atom stereocenters. The summed E-state index contributed by atoms with van der Waals surface area (Å²) in [5.74, 6) is 1.74. The fourth-order valence-electron chi connectivity index (χ4n) is 6.83. The molecule has 48 heavy (non-hydrogen) atoms. The van der Waals surface area contributed by atoms with Gasteiger partial charge in [0, 0.05) is 51.2 Å². The Labute approximate surface area is 283 Å². The van der Waals surface area contributed by atoms with Gasteiger partial charge in [0.05, 0.1) is 22.8 Å². The third-order valence-corrected chi connectivity index (χ3v) is 10.8. The van der Waals surface area contributed by atoms with E-state index in [1.54, 1.807) is 4.90 Å². The van der Waals surface area contributed by atoms with E-state index >= 15 is 0 Å². The summed E-state index contributed by atoms with van der Waals surface area (Å²) in [6, 6.07) is 4.40. The first-order valence-corrected chi connectivity index (χ1v) is 18.6. The monoisotopic (exact) mass is 684 g/mol. The summed E-state index contributed by atoms with van der Waals surface area (Å²) in [7, 11) is -3.12. The Hall–Kier alpha value is -3.65. The molecule has 13 nitrogen and oxygen atoms in total. The molecule has 0 spiro atoms. The van der Waals surface area contributed by atoms with Gasteiger partial charge in [0.1, 0.15) is 35.2 Å². The van der Waals surface area contributed by atoms with Gasteiger partial charge in [0.25, 0.3) is 0 Å². The Morgan fingerprint density at radius 1 is 0.896 bits per heavy atom. The predicted octanol–water partition coefficient (Wildman–Crippen LogP) is 4.96. The van der Waals surface area contributed by atoms with Crippen LogP contribution in [0.15, 0.2) is 18.5 Å². The molecule has 2 amide bonds. The lowest BCUT2D eigenvalue weighted by atomic mass is 9.88. The predicted molar refractivity (Wildman–Crippen MR) is 182 cm³/mol. The minimum absolute atomic E-state index is 0.0256. The van der Waals surface area contributed by atoms with Crippen LogP contribution >= 0.6 is 0 Å². The second kappa shape index (κ2) is 12.3. The largest absolute Gasteiger partial charge is 0.483 e. The summed E-state index contributed by atoms with van der Waals surface area (Å²) in [6.07, 6.45) is 0.912. The SMILES string of the molecule is Cc1cc(C2CN([C@H]3CCN(C(=O)OC(C)(C)C)C3)C2)cc2c1O[C@H](C)c1c(N3CCS(=O)(=O)CC3)ncnc1N2C(=O)OC(C)(C)C. The molecule has 6 rings (SSSR count). The molecule has 1 aromatic heterocycles. The zero-order valence-electron chi connectivity index (χ0n) is 29.3. The highest BCUT2D eigenvalue weighted by atomic mass is 32.2. The number of benzene rings is 1. The van der Waals surface area contributed by atoms with Crippen LogP contribution in [0, 0.1) is 6.92 Å². The van der Waals surface area contributed by atoms with Gasteiger partial charge in [-0.1, -0.05) is 6.07 Å². The number of likely N-dealkylation sites (tertiary alicyclic amines) is 2. The fourth-order valence-corrected chi connectivity index (χ4v) is 8.03. The average molecular weight is 685 g/mol. The van der Waals surface area contributed by atoms with Crippen LogP contribution in [0.3, 0.4) is 0 Å². The molecule has 1 aromatic carbocycles. The first-order chi connectivity index (χ1) is 22.4. The van der Waals surface area contributed by atoms with Gasteiger partial charge < -0.3 is 24.0 Å². The van der Waals surface area contributed by atoms with Crippen molar-refractivity contribution in [3.05, 3.63) is 35.2 Å². The lowest BCUT2D eigenvalue weighted by Crippen LogP contribution is -2.52. The number of ether oxygens (including phenoxy) is 3. The average Bonchev–Trinajstić information content (AvgIpc) is 3.37. The van der Waals surface area contributed by atoms with Gasteiger partial charge in [-0.2, -0.15) is 0 Å². The minimum Gasteiger partial charge on any atom is -0.483 e. The maximum Gasteiger partial charge on any atom is 0.420 e. The zero-order valence-corrected chi connectivity index (χ0v) is 30.1. The van der Waals surface area contributed by atoms with E-state index in [9.17, 15) is 18.0 Å². The van der Waals surface area contributed by atoms with Crippen molar-refractivity contribution in [1.29, 1.82) is 0 Å². The molecule has 3 fully saturated rings. The summed E-state index contributed by atoms with van der Waals surface area (Å²) >= 11 is 0. The van der Waals surface area contributed by atoms with Crippen LogP contribution in [0.2, 0.25) is 0 Å². The third-order valence-electron chi connectivity index (χ3n) is 9.21. The quantitative estimate of drug-likeness (QED) is 0.435. The summed E-state index contributed by atoms with van der Waals surface area (Å²) < 4.78 is 42.6. The molecule has 4 aliphatic rings. The third kappa shape index (κ3) is 7.05.